The number of rotatable bonds is 4. The Bertz CT molecular complexity index is 357. The standard InChI is InChI=1S/C14H24O5/c1-7-17-10(15)8-9(2)14(6)11(16)18-12(19-14)13(3,4)5/h9,12H,7-8H2,1-6H3/t9-,12+,14+/m0/s1. The Morgan fingerprint density at radius 3 is 2.47 bits per heavy atom. The summed E-state index contributed by atoms with van der Waals surface area (Å²) in [6, 6.07) is 0. The van der Waals surface area contributed by atoms with Gasteiger partial charge < -0.3 is 14.2 Å². The third-order valence-electron chi connectivity index (χ3n) is 3.40. The Kier molecular flexibility index (Phi) is 4.61. The van der Waals surface area contributed by atoms with Crippen molar-refractivity contribution < 1.29 is 23.8 Å². The summed E-state index contributed by atoms with van der Waals surface area (Å²) >= 11 is 0. The van der Waals surface area contributed by atoms with Crippen LogP contribution in [0.4, 0.5) is 0 Å². The van der Waals surface area contributed by atoms with Crippen LogP contribution in [0, 0.1) is 11.3 Å². The summed E-state index contributed by atoms with van der Waals surface area (Å²) in [4.78, 5) is 23.5. The molecule has 3 atom stereocenters. The van der Waals surface area contributed by atoms with Gasteiger partial charge in [-0.25, -0.2) is 4.79 Å². The van der Waals surface area contributed by atoms with E-state index in [-0.39, 0.29) is 23.7 Å². The second-order valence-electron chi connectivity index (χ2n) is 6.24. The molecule has 0 radical (unpaired) electrons. The van der Waals surface area contributed by atoms with Crippen molar-refractivity contribution in [3.8, 4) is 0 Å². The summed E-state index contributed by atoms with van der Waals surface area (Å²) in [7, 11) is 0. The maximum absolute atomic E-state index is 12.0. The summed E-state index contributed by atoms with van der Waals surface area (Å²) in [5.74, 6) is -1.04. The summed E-state index contributed by atoms with van der Waals surface area (Å²) in [6.07, 6.45) is -0.453. The molecular formula is C14H24O5. The van der Waals surface area contributed by atoms with E-state index in [1.165, 1.54) is 0 Å². The molecule has 110 valence electrons. The fourth-order valence-corrected chi connectivity index (χ4v) is 1.84. The first-order chi connectivity index (χ1) is 8.61. The summed E-state index contributed by atoms with van der Waals surface area (Å²) < 4.78 is 16.0. The second-order valence-corrected chi connectivity index (χ2v) is 6.24. The highest BCUT2D eigenvalue weighted by atomic mass is 16.8. The van der Waals surface area contributed by atoms with E-state index >= 15 is 0 Å². The molecule has 1 saturated heterocycles. The quantitative estimate of drug-likeness (QED) is 0.735. The molecule has 0 amide bonds. The molecule has 1 rings (SSSR count). The van der Waals surface area contributed by atoms with Gasteiger partial charge >= 0.3 is 11.9 Å². The van der Waals surface area contributed by atoms with Crippen molar-refractivity contribution in [2.75, 3.05) is 6.61 Å². The van der Waals surface area contributed by atoms with Gasteiger partial charge in [-0.2, -0.15) is 0 Å². The highest BCUT2D eigenvalue weighted by Gasteiger charge is 2.53. The first kappa shape index (κ1) is 16.0. The highest BCUT2D eigenvalue weighted by molar-refractivity contribution is 5.82. The molecule has 19 heavy (non-hydrogen) atoms. The molecule has 0 aromatic carbocycles. The monoisotopic (exact) mass is 272 g/mol. The summed E-state index contributed by atoms with van der Waals surface area (Å²) in [6.45, 7) is 11.4. The van der Waals surface area contributed by atoms with Crippen LogP contribution in [-0.2, 0) is 23.8 Å². The van der Waals surface area contributed by atoms with E-state index in [4.69, 9.17) is 14.2 Å². The number of esters is 2. The predicted octanol–water partition coefficient (Wildman–Crippen LogP) is 2.28. The zero-order valence-electron chi connectivity index (χ0n) is 12.6. The molecule has 1 fully saturated rings. The van der Waals surface area contributed by atoms with E-state index in [0.29, 0.717) is 6.61 Å². The van der Waals surface area contributed by atoms with Gasteiger partial charge in [0, 0.05) is 11.3 Å². The van der Waals surface area contributed by atoms with Gasteiger partial charge in [-0.15, -0.1) is 0 Å². The number of hydrogen-bond donors (Lipinski definition) is 0. The molecule has 0 aliphatic carbocycles. The average Bonchev–Trinajstić information content (AvgIpc) is 2.56. The molecule has 0 unspecified atom stereocenters. The third kappa shape index (κ3) is 3.47. The largest absolute Gasteiger partial charge is 0.466 e. The zero-order chi connectivity index (χ0) is 14.8. The predicted molar refractivity (Wildman–Crippen MR) is 69.2 cm³/mol. The lowest BCUT2D eigenvalue weighted by Gasteiger charge is -2.29. The lowest BCUT2D eigenvalue weighted by Crippen LogP contribution is -2.41. The molecule has 1 aliphatic rings. The van der Waals surface area contributed by atoms with E-state index in [1.807, 2.05) is 20.8 Å². The first-order valence-electron chi connectivity index (χ1n) is 6.65. The third-order valence-corrected chi connectivity index (χ3v) is 3.40. The van der Waals surface area contributed by atoms with Gasteiger partial charge in [0.2, 0.25) is 6.29 Å². The van der Waals surface area contributed by atoms with Crippen LogP contribution in [0.15, 0.2) is 0 Å². The zero-order valence-corrected chi connectivity index (χ0v) is 12.6. The van der Waals surface area contributed by atoms with Crippen molar-refractivity contribution in [1.82, 2.24) is 0 Å². The van der Waals surface area contributed by atoms with E-state index < -0.39 is 17.9 Å². The van der Waals surface area contributed by atoms with Crippen molar-refractivity contribution in [3.05, 3.63) is 0 Å². The molecule has 5 nitrogen and oxygen atoms in total. The molecule has 5 heteroatoms. The molecule has 0 N–H and O–H groups in total. The molecule has 0 spiro atoms. The molecule has 1 aliphatic heterocycles. The van der Waals surface area contributed by atoms with Crippen molar-refractivity contribution in [1.29, 1.82) is 0 Å². The van der Waals surface area contributed by atoms with Crippen molar-refractivity contribution >= 4 is 11.9 Å². The molecule has 0 saturated carbocycles. The highest BCUT2D eigenvalue weighted by Crippen LogP contribution is 2.39. The lowest BCUT2D eigenvalue weighted by molar-refractivity contribution is -0.161. The number of hydrogen-bond acceptors (Lipinski definition) is 5. The number of carbonyl (C=O) groups excluding carboxylic acids is 2. The van der Waals surface area contributed by atoms with Gasteiger partial charge in [0.05, 0.1) is 13.0 Å². The van der Waals surface area contributed by atoms with Gasteiger partial charge in [0.15, 0.2) is 5.60 Å². The fourth-order valence-electron chi connectivity index (χ4n) is 1.84. The van der Waals surface area contributed by atoms with Crippen LogP contribution in [0.3, 0.4) is 0 Å². The topological polar surface area (TPSA) is 61.8 Å². The normalized spacial score (nSPS) is 28.9. The Hall–Kier alpha value is -1.10. The van der Waals surface area contributed by atoms with Gasteiger partial charge in [-0.3, -0.25) is 4.79 Å². The second kappa shape index (κ2) is 5.49. The number of ether oxygens (including phenoxy) is 3. The molecular weight excluding hydrogens is 248 g/mol. The number of carbonyl (C=O) groups is 2. The molecule has 1 heterocycles. The molecule has 0 aromatic heterocycles. The van der Waals surface area contributed by atoms with Gasteiger partial charge in [-0.1, -0.05) is 27.7 Å². The van der Waals surface area contributed by atoms with Crippen molar-refractivity contribution in [3.63, 3.8) is 0 Å². The van der Waals surface area contributed by atoms with Crippen LogP contribution in [0.2, 0.25) is 0 Å². The van der Waals surface area contributed by atoms with Crippen LogP contribution in [0.25, 0.3) is 0 Å². The maximum atomic E-state index is 12.0. The van der Waals surface area contributed by atoms with E-state index in [9.17, 15) is 9.59 Å². The minimum Gasteiger partial charge on any atom is -0.466 e. The van der Waals surface area contributed by atoms with E-state index in [0.717, 1.165) is 0 Å². The van der Waals surface area contributed by atoms with Gasteiger partial charge in [0.25, 0.3) is 0 Å². The Labute approximate surface area is 114 Å². The first-order valence-corrected chi connectivity index (χ1v) is 6.65. The minimum absolute atomic E-state index is 0.135. The fraction of sp³-hybridized carbons (Fsp3) is 0.857. The van der Waals surface area contributed by atoms with Crippen LogP contribution in [-0.4, -0.2) is 30.4 Å². The van der Waals surface area contributed by atoms with Crippen LogP contribution >= 0.6 is 0 Å². The van der Waals surface area contributed by atoms with Gasteiger partial charge in [0.1, 0.15) is 0 Å². The van der Waals surface area contributed by atoms with Crippen LogP contribution in [0.1, 0.15) is 48.0 Å². The lowest BCUT2D eigenvalue weighted by atomic mass is 9.88. The number of cyclic esters (lactones) is 1. The smallest absolute Gasteiger partial charge is 0.340 e. The van der Waals surface area contributed by atoms with E-state index in [2.05, 4.69) is 0 Å². The SMILES string of the molecule is CCOC(=O)C[C@H](C)[C@@]1(C)O[C@H](C(C)(C)C)OC1=O. The van der Waals surface area contributed by atoms with E-state index in [1.54, 1.807) is 20.8 Å². The maximum Gasteiger partial charge on any atom is 0.340 e. The van der Waals surface area contributed by atoms with Crippen LogP contribution in [0.5, 0.6) is 0 Å². The Balaban J connectivity index is 2.75. The Morgan fingerprint density at radius 1 is 1.47 bits per heavy atom. The molecule has 0 bridgehead atoms. The summed E-state index contributed by atoms with van der Waals surface area (Å²) in [5, 5.41) is 0. The molecule has 0 aromatic rings. The minimum atomic E-state index is -1.09. The summed E-state index contributed by atoms with van der Waals surface area (Å²) in [5.41, 5.74) is -1.39. The van der Waals surface area contributed by atoms with Crippen LogP contribution < -0.4 is 0 Å². The van der Waals surface area contributed by atoms with Gasteiger partial charge in [-0.05, 0) is 13.8 Å². The Morgan fingerprint density at radius 2 is 2.05 bits per heavy atom. The average molecular weight is 272 g/mol. The van der Waals surface area contributed by atoms with Crippen molar-refractivity contribution in [2.45, 2.75) is 59.9 Å². The van der Waals surface area contributed by atoms with Crippen molar-refractivity contribution in [2.24, 2.45) is 11.3 Å².